The Balaban J connectivity index is 2.31. The maximum absolute atomic E-state index is 14.3. The molecule has 0 spiro atoms. The molecule has 3 nitrogen and oxygen atoms in total. The molecular weight excluding hydrogens is 285 g/mol. The SMILES string of the molecule is CCCNC(C)c1cccc(F)c1Sc1cc(C)nn1C. The summed E-state index contributed by atoms with van der Waals surface area (Å²) in [4.78, 5) is 0.677. The molecule has 0 aliphatic rings. The van der Waals surface area contributed by atoms with Crippen molar-refractivity contribution in [2.24, 2.45) is 7.05 Å². The molecule has 2 rings (SSSR count). The second-order valence-electron chi connectivity index (χ2n) is 5.18. The molecule has 5 heteroatoms. The minimum atomic E-state index is -0.179. The first-order valence-electron chi connectivity index (χ1n) is 7.23. The van der Waals surface area contributed by atoms with Crippen molar-refractivity contribution in [1.82, 2.24) is 15.1 Å². The van der Waals surface area contributed by atoms with Gasteiger partial charge in [0.15, 0.2) is 0 Å². The van der Waals surface area contributed by atoms with E-state index in [9.17, 15) is 4.39 Å². The molecule has 0 aliphatic heterocycles. The van der Waals surface area contributed by atoms with Crippen molar-refractivity contribution in [1.29, 1.82) is 0 Å². The van der Waals surface area contributed by atoms with E-state index in [2.05, 4.69) is 24.3 Å². The number of halogens is 1. The molecule has 1 N–H and O–H groups in total. The van der Waals surface area contributed by atoms with Crippen LogP contribution >= 0.6 is 11.8 Å². The van der Waals surface area contributed by atoms with Crippen LogP contribution in [-0.4, -0.2) is 16.3 Å². The molecule has 114 valence electrons. The summed E-state index contributed by atoms with van der Waals surface area (Å²) in [6.07, 6.45) is 1.06. The van der Waals surface area contributed by atoms with E-state index in [1.165, 1.54) is 17.8 Å². The summed E-state index contributed by atoms with van der Waals surface area (Å²) in [6, 6.07) is 7.37. The van der Waals surface area contributed by atoms with Gasteiger partial charge in [-0.1, -0.05) is 30.8 Å². The van der Waals surface area contributed by atoms with Crippen molar-refractivity contribution in [3.05, 3.63) is 41.3 Å². The summed E-state index contributed by atoms with van der Waals surface area (Å²) in [6.45, 7) is 7.06. The fraction of sp³-hybridized carbons (Fsp3) is 0.438. The average Bonchev–Trinajstić information content (AvgIpc) is 2.76. The van der Waals surface area contributed by atoms with Gasteiger partial charge >= 0.3 is 0 Å². The van der Waals surface area contributed by atoms with E-state index in [1.807, 2.05) is 26.1 Å². The highest BCUT2D eigenvalue weighted by Crippen LogP contribution is 2.35. The third kappa shape index (κ3) is 3.86. The Kier molecular flexibility index (Phi) is 5.42. The standard InChI is InChI=1S/C16H22FN3S/c1-5-9-18-12(3)13-7-6-8-14(17)16(13)21-15-10-11(2)19-20(15)4/h6-8,10,12,18H,5,9H2,1-4H3. The Hall–Kier alpha value is -1.33. The van der Waals surface area contributed by atoms with Gasteiger partial charge in [-0.15, -0.1) is 0 Å². The summed E-state index contributed by atoms with van der Waals surface area (Å²) in [5.41, 5.74) is 1.93. The van der Waals surface area contributed by atoms with E-state index in [-0.39, 0.29) is 11.9 Å². The maximum Gasteiger partial charge on any atom is 0.137 e. The van der Waals surface area contributed by atoms with Gasteiger partial charge in [-0.3, -0.25) is 4.68 Å². The van der Waals surface area contributed by atoms with E-state index in [0.717, 1.165) is 29.2 Å². The summed E-state index contributed by atoms with van der Waals surface area (Å²) < 4.78 is 16.1. The monoisotopic (exact) mass is 307 g/mol. The molecule has 0 aliphatic carbocycles. The second-order valence-corrected chi connectivity index (χ2v) is 6.21. The average molecular weight is 307 g/mol. The Bertz CT molecular complexity index is 610. The lowest BCUT2D eigenvalue weighted by Gasteiger charge is -2.18. The highest BCUT2D eigenvalue weighted by molar-refractivity contribution is 7.99. The van der Waals surface area contributed by atoms with Gasteiger partial charge in [-0.25, -0.2) is 4.39 Å². The van der Waals surface area contributed by atoms with Crippen molar-refractivity contribution >= 4 is 11.8 Å². The highest BCUT2D eigenvalue weighted by atomic mass is 32.2. The zero-order valence-electron chi connectivity index (χ0n) is 13.0. The Morgan fingerprint density at radius 3 is 2.81 bits per heavy atom. The molecule has 0 saturated carbocycles. The molecule has 1 aromatic heterocycles. The first-order chi connectivity index (χ1) is 10.0. The van der Waals surface area contributed by atoms with E-state index < -0.39 is 0 Å². The third-order valence-corrected chi connectivity index (χ3v) is 4.56. The molecule has 1 aromatic carbocycles. The van der Waals surface area contributed by atoms with E-state index >= 15 is 0 Å². The van der Waals surface area contributed by atoms with Crippen LogP contribution in [0.3, 0.4) is 0 Å². The predicted octanol–water partition coefficient (Wildman–Crippen LogP) is 4.08. The fourth-order valence-corrected chi connectivity index (χ4v) is 3.37. The first kappa shape index (κ1) is 16.0. The number of hydrogen-bond donors (Lipinski definition) is 1. The highest BCUT2D eigenvalue weighted by Gasteiger charge is 2.16. The largest absolute Gasteiger partial charge is 0.310 e. The van der Waals surface area contributed by atoms with E-state index in [0.29, 0.717) is 4.90 Å². The molecule has 0 amide bonds. The smallest absolute Gasteiger partial charge is 0.137 e. The van der Waals surface area contributed by atoms with Crippen molar-refractivity contribution in [3.63, 3.8) is 0 Å². The molecule has 0 fully saturated rings. The van der Waals surface area contributed by atoms with Gasteiger partial charge in [0.05, 0.1) is 15.6 Å². The summed E-state index contributed by atoms with van der Waals surface area (Å²) in [5.74, 6) is -0.179. The van der Waals surface area contributed by atoms with Crippen molar-refractivity contribution < 1.29 is 4.39 Å². The van der Waals surface area contributed by atoms with Crippen LogP contribution < -0.4 is 5.32 Å². The number of aryl methyl sites for hydroxylation is 2. The minimum absolute atomic E-state index is 0.123. The van der Waals surface area contributed by atoms with Gasteiger partial charge in [0.25, 0.3) is 0 Å². The van der Waals surface area contributed by atoms with Gasteiger partial charge in [-0.05, 0) is 44.5 Å². The Morgan fingerprint density at radius 2 is 2.19 bits per heavy atom. The molecule has 1 unspecified atom stereocenters. The number of aromatic nitrogens is 2. The zero-order valence-corrected chi connectivity index (χ0v) is 13.8. The van der Waals surface area contributed by atoms with Crippen molar-refractivity contribution in [3.8, 4) is 0 Å². The zero-order chi connectivity index (χ0) is 15.4. The van der Waals surface area contributed by atoms with Gasteiger partial charge in [0, 0.05) is 13.1 Å². The topological polar surface area (TPSA) is 29.9 Å². The second kappa shape index (κ2) is 7.09. The molecule has 2 aromatic rings. The lowest BCUT2D eigenvalue weighted by molar-refractivity contribution is 0.543. The molecule has 1 atom stereocenters. The number of rotatable bonds is 6. The molecule has 0 radical (unpaired) electrons. The maximum atomic E-state index is 14.3. The third-order valence-electron chi connectivity index (χ3n) is 3.33. The number of nitrogens with one attached hydrogen (secondary N) is 1. The lowest BCUT2D eigenvalue weighted by Crippen LogP contribution is -2.20. The van der Waals surface area contributed by atoms with Crippen molar-refractivity contribution in [2.75, 3.05) is 6.54 Å². The summed E-state index contributed by atoms with van der Waals surface area (Å²) >= 11 is 1.44. The van der Waals surface area contributed by atoms with E-state index in [1.54, 1.807) is 10.7 Å². The van der Waals surface area contributed by atoms with Crippen LogP contribution in [0.15, 0.2) is 34.2 Å². The van der Waals surface area contributed by atoms with Crippen molar-refractivity contribution in [2.45, 2.75) is 43.2 Å². The van der Waals surface area contributed by atoms with Crippen LogP contribution in [0.25, 0.3) is 0 Å². The number of nitrogens with zero attached hydrogens (tertiary/aromatic N) is 2. The van der Waals surface area contributed by atoms with Crippen LogP contribution in [0, 0.1) is 12.7 Å². The van der Waals surface area contributed by atoms with Crippen LogP contribution in [0.1, 0.15) is 37.6 Å². The molecule has 0 saturated heterocycles. The predicted molar refractivity (Wildman–Crippen MR) is 85.2 cm³/mol. The van der Waals surface area contributed by atoms with Crippen LogP contribution in [0.4, 0.5) is 4.39 Å². The molecule has 1 heterocycles. The summed E-state index contributed by atoms with van der Waals surface area (Å²) in [7, 11) is 1.88. The van der Waals surface area contributed by atoms with Crippen LogP contribution in [-0.2, 0) is 7.05 Å². The molecule has 21 heavy (non-hydrogen) atoms. The van der Waals surface area contributed by atoms with E-state index in [4.69, 9.17) is 0 Å². The van der Waals surface area contributed by atoms with Gasteiger partial charge in [-0.2, -0.15) is 5.10 Å². The fourth-order valence-electron chi connectivity index (χ4n) is 2.23. The van der Waals surface area contributed by atoms with Crippen LogP contribution in [0.5, 0.6) is 0 Å². The number of hydrogen-bond acceptors (Lipinski definition) is 3. The molecule has 0 bridgehead atoms. The molecular formula is C16H22FN3S. The van der Waals surface area contributed by atoms with Gasteiger partial charge in [0.2, 0.25) is 0 Å². The van der Waals surface area contributed by atoms with Gasteiger partial charge < -0.3 is 5.32 Å². The lowest BCUT2D eigenvalue weighted by atomic mass is 10.1. The van der Waals surface area contributed by atoms with Gasteiger partial charge in [0.1, 0.15) is 5.82 Å². The Labute approximate surface area is 129 Å². The Morgan fingerprint density at radius 1 is 1.43 bits per heavy atom. The minimum Gasteiger partial charge on any atom is -0.310 e. The summed E-state index contributed by atoms with van der Waals surface area (Å²) in [5, 5.41) is 8.68. The normalized spacial score (nSPS) is 12.6. The first-order valence-corrected chi connectivity index (χ1v) is 8.04. The quantitative estimate of drug-likeness (QED) is 0.872. The van der Waals surface area contributed by atoms with Crippen LogP contribution in [0.2, 0.25) is 0 Å². The number of benzene rings is 1.